The molecule has 1 heterocycles. The molecule has 0 fully saturated rings. The van der Waals surface area contributed by atoms with E-state index >= 15 is 0 Å². The number of anilines is 1. The number of H-pyrrole nitrogens is 1. The summed E-state index contributed by atoms with van der Waals surface area (Å²) in [6.45, 7) is 4.77. The van der Waals surface area contributed by atoms with Crippen molar-refractivity contribution in [3.05, 3.63) is 99.7 Å². The molecule has 0 aliphatic rings. The van der Waals surface area contributed by atoms with Crippen LogP contribution in [0.4, 0.5) is 11.4 Å². The molecule has 10 N–H and O–H groups in total. The maximum absolute atomic E-state index is 13.9. The highest BCUT2D eigenvalue weighted by Gasteiger charge is 2.33. The number of phenolic OH excluding ortho intramolecular Hbond substituents is 1. The third-order valence-corrected chi connectivity index (χ3v) is 8.26. The van der Waals surface area contributed by atoms with Gasteiger partial charge in [0.05, 0.1) is 10.5 Å². The molecule has 1 aromatic heterocycles. The molecule has 4 rings (SSSR count). The van der Waals surface area contributed by atoms with E-state index in [-0.39, 0.29) is 29.7 Å². The Morgan fingerprint density at radius 2 is 1.51 bits per heavy atom. The van der Waals surface area contributed by atoms with Crippen molar-refractivity contribution >= 4 is 51.8 Å². The van der Waals surface area contributed by atoms with Gasteiger partial charge in [-0.3, -0.25) is 34.1 Å². The minimum absolute atomic E-state index is 0.00383. The minimum atomic E-state index is -1.33. The van der Waals surface area contributed by atoms with Crippen molar-refractivity contribution in [2.75, 3.05) is 5.73 Å². The van der Waals surface area contributed by atoms with Crippen LogP contribution in [-0.4, -0.2) is 68.7 Å². The number of nitro benzene ring substituents is 1. The lowest BCUT2D eigenvalue weighted by atomic mass is 9.99. The fourth-order valence-corrected chi connectivity index (χ4v) is 5.42. The number of para-hydroxylation sites is 2. The van der Waals surface area contributed by atoms with Crippen molar-refractivity contribution in [1.29, 1.82) is 0 Å². The molecule has 16 nitrogen and oxygen atoms in total. The van der Waals surface area contributed by atoms with E-state index in [1.54, 1.807) is 38.2 Å². The van der Waals surface area contributed by atoms with E-state index in [1.807, 2.05) is 24.3 Å². The van der Waals surface area contributed by atoms with E-state index in [0.717, 1.165) is 23.0 Å². The number of rotatable bonds is 15. The van der Waals surface area contributed by atoms with Gasteiger partial charge in [-0.2, -0.15) is 0 Å². The molecule has 0 aliphatic carbocycles. The summed E-state index contributed by atoms with van der Waals surface area (Å²) in [6, 6.07) is 12.4. The molecule has 0 saturated heterocycles. The number of hydrogen-bond donors (Lipinski definition) is 8. The second kappa shape index (κ2) is 16.3. The van der Waals surface area contributed by atoms with Gasteiger partial charge in [0.1, 0.15) is 24.2 Å². The highest BCUT2D eigenvalue weighted by molar-refractivity contribution is 6.02. The van der Waals surface area contributed by atoms with Crippen molar-refractivity contribution in [2.45, 2.75) is 57.8 Å². The van der Waals surface area contributed by atoms with E-state index in [1.165, 1.54) is 19.1 Å². The topological polar surface area (TPSA) is 265 Å². The third-order valence-electron chi connectivity index (χ3n) is 8.26. The second-order valence-electron chi connectivity index (χ2n) is 12.4. The maximum Gasteiger partial charge on any atom is 0.310 e. The van der Waals surface area contributed by atoms with Crippen LogP contribution in [0.15, 0.2) is 72.9 Å². The number of hydrogen-bond acceptors (Lipinski definition) is 9. The summed E-state index contributed by atoms with van der Waals surface area (Å²) in [5.74, 6) is -4.79. The molecule has 0 spiro atoms. The smallest absolute Gasteiger partial charge is 0.310 e. The lowest BCUT2D eigenvalue weighted by Gasteiger charge is -2.27. The zero-order valence-electron chi connectivity index (χ0n) is 28.1. The first-order chi connectivity index (χ1) is 24.2. The van der Waals surface area contributed by atoms with Crippen LogP contribution in [-0.2, 0) is 32.0 Å². The Bertz CT molecular complexity index is 1960. The minimum Gasteiger partial charge on any atom is -0.502 e. The van der Waals surface area contributed by atoms with Crippen LogP contribution >= 0.6 is 0 Å². The fraction of sp³-hybridized carbons (Fsp3) is 0.286. The SMILES string of the molecule is CC(C)[C@H](NC(=O)[C@H](Cc1c[nH]c2ccccc12)NC(=O)[C@H](C)NC(=O)c1ccccc1N)C(=O)N[C@@H](Cc1ccc(O)c([N+](=O)[O-])c1)C(N)=O. The Labute approximate surface area is 292 Å². The standard InChI is InChI=1S/C35H40N8O8/c1-18(2)30(35(49)40-26(31(37)45)14-20-12-13-29(44)28(15-20)43(50)51)42-34(48)27(16-21-17-38-25-11-7-5-8-22(21)25)41-32(46)19(3)39-33(47)23-9-4-6-10-24(23)36/h4-13,15,17-19,26-27,30,38,44H,14,16,36H2,1-3H3,(H2,37,45)(H,39,47)(H,40,49)(H,41,46)(H,42,48)/t19-,26-,27-,30-/m0/s1. The van der Waals surface area contributed by atoms with E-state index in [0.29, 0.717) is 5.56 Å². The molecule has 268 valence electrons. The van der Waals surface area contributed by atoms with Crippen LogP contribution < -0.4 is 32.7 Å². The average molecular weight is 701 g/mol. The van der Waals surface area contributed by atoms with Crippen LogP contribution in [0.3, 0.4) is 0 Å². The van der Waals surface area contributed by atoms with Gasteiger partial charge in [0, 0.05) is 41.7 Å². The van der Waals surface area contributed by atoms with Crippen molar-refractivity contribution in [2.24, 2.45) is 11.7 Å². The molecule has 5 amide bonds. The van der Waals surface area contributed by atoms with E-state index < -0.39 is 76.0 Å². The zero-order chi connectivity index (χ0) is 37.4. The fourth-order valence-electron chi connectivity index (χ4n) is 5.42. The number of amides is 5. The molecule has 16 heteroatoms. The normalized spacial score (nSPS) is 13.4. The van der Waals surface area contributed by atoms with E-state index in [9.17, 15) is 39.2 Å². The van der Waals surface area contributed by atoms with Crippen molar-refractivity contribution in [1.82, 2.24) is 26.3 Å². The number of carbonyl (C=O) groups is 5. The van der Waals surface area contributed by atoms with Crippen LogP contribution in [0.25, 0.3) is 10.9 Å². The molecule has 3 aromatic carbocycles. The first-order valence-corrected chi connectivity index (χ1v) is 16.0. The Kier molecular flexibility index (Phi) is 11.9. The lowest BCUT2D eigenvalue weighted by molar-refractivity contribution is -0.385. The maximum atomic E-state index is 13.9. The molecule has 51 heavy (non-hydrogen) atoms. The number of aromatic hydroxyl groups is 1. The third kappa shape index (κ3) is 9.38. The number of nitrogen functional groups attached to an aromatic ring is 1. The monoisotopic (exact) mass is 700 g/mol. The highest BCUT2D eigenvalue weighted by Crippen LogP contribution is 2.27. The Hall–Kier alpha value is -6.45. The quantitative estimate of drug-likeness (QED) is 0.0507. The zero-order valence-corrected chi connectivity index (χ0v) is 28.1. The molecular weight excluding hydrogens is 660 g/mol. The van der Waals surface area contributed by atoms with Gasteiger partial charge in [-0.05, 0) is 48.2 Å². The van der Waals surface area contributed by atoms with Crippen LogP contribution in [0.5, 0.6) is 5.75 Å². The number of primary amides is 1. The van der Waals surface area contributed by atoms with Crippen molar-refractivity contribution in [3.63, 3.8) is 0 Å². The van der Waals surface area contributed by atoms with Gasteiger partial charge in [0.2, 0.25) is 23.6 Å². The van der Waals surface area contributed by atoms with Gasteiger partial charge < -0.3 is 42.8 Å². The summed E-state index contributed by atoms with van der Waals surface area (Å²) < 4.78 is 0. The lowest BCUT2D eigenvalue weighted by Crippen LogP contribution is -2.59. The summed E-state index contributed by atoms with van der Waals surface area (Å²) in [5, 5.41) is 32.3. The Morgan fingerprint density at radius 3 is 2.18 bits per heavy atom. The number of carbonyl (C=O) groups excluding carboxylic acids is 5. The summed E-state index contributed by atoms with van der Waals surface area (Å²) in [6.07, 6.45) is 1.47. The number of nitrogens with two attached hydrogens (primary N) is 2. The Morgan fingerprint density at radius 1 is 0.843 bits per heavy atom. The van der Waals surface area contributed by atoms with Gasteiger partial charge in [-0.1, -0.05) is 50.2 Å². The first kappa shape index (κ1) is 37.4. The second-order valence-corrected chi connectivity index (χ2v) is 12.4. The number of benzene rings is 3. The van der Waals surface area contributed by atoms with Crippen LogP contribution in [0.1, 0.15) is 42.3 Å². The predicted molar refractivity (Wildman–Crippen MR) is 188 cm³/mol. The molecule has 0 saturated carbocycles. The largest absolute Gasteiger partial charge is 0.502 e. The molecule has 4 atom stereocenters. The van der Waals surface area contributed by atoms with E-state index in [4.69, 9.17) is 11.5 Å². The molecule has 0 bridgehead atoms. The highest BCUT2D eigenvalue weighted by atomic mass is 16.6. The summed E-state index contributed by atoms with van der Waals surface area (Å²) in [7, 11) is 0. The number of nitro groups is 1. The van der Waals surface area contributed by atoms with E-state index in [2.05, 4.69) is 26.3 Å². The molecule has 0 radical (unpaired) electrons. The summed E-state index contributed by atoms with van der Waals surface area (Å²) >= 11 is 0. The van der Waals surface area contributed by atoms with Gasteiger partial charge >= 0.3 is 5.69 Å². The summed E-state index contributed by atoms with van der Waals surface area (Å²) in [4.78, 5) is 79.7. The first-order valence-electron chi connectivity index (χ1n) is 16.0. The number of aromatic nitrogens is 1. The number of phenols is 1. The Balaban J connectivity index is 1.53. The molecule has 0 aliphatic heterocycles. The number of fused-ring (bicyclic) bond motifs is 1. The van der Waals surface area contributed by atoms with Crippen LogP contribution in [0, 0.1) is 16.0 Å². The number of nitrogens with zero attached hydrogens (tertiary/aromatic N) is 1. The number of nitrogens with one attached hydrogen (secondary N) is 5. The van der Waals surface area contributed by atoms with Gasteiger partial charge in [0.25, 0.3) is 5.91 Å². The number of aromatic amines is 1. The summed E-state index contributed by atoms with van der Waals surface area (Å²) in [5.41, 5.74) is 13.0. The molecule has 0 unspecified atom stereocenters. The van der Waals surface area contributed by atoms with Crippen molar-refractivity contribution < 1.29 is 34.0 Å². The van der Waals surface area contributed by atoms with Gasteiger partial charge in [-0.25, -0.2) is 0 Å². The molecule has 4 aromatic rings. The van der Waals surface area contributed by atoms with Gasteiger partial charge in [0.15, 0.2) is 5.75 Å². The van der Waals surface area contributed by atoms with Crippen molar-refractivity contribution in [3.8, 4) is 5.75 Å². The average Bonchev–Trinajstić information content (AvgIpc) is 3.49. The predicted octanol–water partition coefficient (Wildman–Crippen LogP) is 1.56. The van der Waals surface area contributed by atoms with Crippen LogP contribution in [0.2, 0.25) is 0 Å². The molecular formula is C35H40N8O8. The van der Waals surface area contributed by atoms with Gasteiger partial charge in [-0.15, -0.1) is 0 Å².